The minimum Gasteiger partial charge on any atom is -0.347 e. The number of nitrogens with two attached hydrogens (primary N) is 1. The molecular weight excluding hydrogens is 369 g/mol. The van der Waals surface area contributed by atoms with Crippen molar-refractivity contribution in [1.82, 2.24) is 4.57 Å². The molecule has 0 saturated heterocycles. The van der Waals surface area contributed by atoms with Gasteiger partial charge < -0.3 is 10.3 Å². The minimum absolute atomic E-state index is 0. The molecule has 1 atom stereocenters. The molecule has 0 amide bonds. The molecule has 0 fully saturated rings. The molecule has 21 heavy (non-hydrogen) atoms. The summed E-state index contributed by atoms with van der Waals surface area (Å²) in [5.41, 5.74) is 6.26. The van der Waals surface area contributed by atoms with Gasteiger partial charge in [-0.25, -0.2) is 0 Å². The van der Waals surface area contributed by atoms with E-state index in [4.69, 9.17) is 5.73 Å². The molecule has 0 unspecified atom stereocenters. The van der Waals surface area contributed by atoms with Gasteiger partial charge in [0.1, 0.15) is 6.04 Å². The normalized spacial score (nSPS) is 13.5. The van der Waals surface area contributed by atoms with Crippen LogP contribution in [0.1, 0.15) is 25.5 Å². The van der Waals surface area contributed by atoms with Gasteiger partial charge in [-0.15, -0.1) is 12.4 Å². The van der Waals surface area contributed by atoms with Gasteiger partial charge in [0.15, 0.2) is 0 Å². The van der Waals surface area contributed by atoms with Gasteiger partial charge in [-0.2, -0.15) is 13.2 Å². The molecule has 1 heterocycles. The topological polar surface area (TPSA) is 30.9 Å². The van der Waals surface area contributed by atoms with Gasteiger partial charge >= 0.3 is 6.18 Å². The van der Waals surface area contributed by atoms with Gasteiger partial charge in [-0.1, -0.05) is 35.8 Å². The fraction of sp³-hybridized carbons (Fsp3) is 0.429. The molecule has 2 rings (SSSR count). The number of alkyl halides is 3. The van der Waals surface area contributed by atoms with Crippen molar-refractivity contribution in [1.29, 1.82) is 0 Å². The number of nitrogens with zero attached hydrogens (tertiary/aromatic N) is 1. The van der Waals surface area contributed by atoms with E-state index in [1.165, 1.54) is 6.20 Å². The van der Waals surface area contributed by atoms with Gasteiger partial charge in [0.25, 0.3) is 0 Å². The summed E-state index contributed by atoms with van der Waals surface area (Å²) in [6.45, 7) is 4.69. The highest BCUT2D eigenvalue weighted by atomic mass is 79.9. The molecule has 1 aromatic heterocycles. The van der Waals surface area contributed by atoms with Crippen LogP contribution in [-0.4, -0.2) is 10.7 Å². The smallest absolute Gasteiger partial charge is 0.347 e. The van der Waals surface area contributed by atoms with E-state index in [1.807, 2.05) is 24.5 Å². The average Bonchev–Trinajstić information content (AvgIpc) is 2.64. The Morgan fingerprint density at radius 3 is 2.43 bits per heavy atom. The first-order valence-corrected chi connectivity index (χ1v) is 7.10. The van der Waals surface area contributed by atoms with E-state index in [2.05, 4.69) is 15.9 Å². The van der Waals surface area contributed by atoms with Gasteiger partial charge in [0.2, 0.25) is 0 Å². The van der Waals surface area contributed by atoms with Crippen LogP contribution in [0.2, 0.25) is 0 Å². The molecule has 0 spiro atoms. The largest absolute Gasteiger partial charge is 0.407 e. The third-order valence-corrected chi connectivity index (χ3v) is 3.62. The number of rotatable bonds is 3. The van der Waals surface area contributed by atoms with Crippen LogP contribution in [-0.2, 0) is 6.54 Å². The first-order chi connectivity index (χ1) is 9.20. The lowest BCUT2D eigenvalue weighted by Gasteiger charge is -2.14. The highest BCUT2D eigenvalue weighted by molar-refractivity contribution is 9.10. The maximum absolute atomic E-state index is 12.9. The van der Waals surface area contributed by atoms with Crippen molar-refractivity contribution in [3.8, 4) is 0 Å². The van der Waals surface area contributed by atoms with Crippen molar-refractivity contribution in [3.63, 3.8) is 0 Å². The predicted octanol–water partition coefficient (Wildman–Crippen LogP) is 5.04. The number of hydrogen-bond donors (Lipinski definition) is 1. The molecular formula is C14H17BrClF3N2. The first-order valence-electron chi connectivity index (χ1n) is 6.30. The molecule has 7 heteroatoms. The number of aromatic nitrogens is 1. The summed E-state index contributed by atoms with van der Waals surface area (Å²) in [7, 11) is 0. The second kappa shape index (κ2) is 6.58. The third-order valence-electron chi connectivity index (χ3n) is 3.12. The van der Waals surface area contributed by atoms with Crippen LogP contribution >= 0.6 is 28.3 Å². The van der Waals surface area contributed by atoms with Crippen molar-refractivity contribution in [2.45, 2.75) is 32.6 Å². The van der Waals surface area contributed by atoms with Crippen molar-refractivity contribution >= 4 is 39.2 Å². The summed E-state index contributed by atoms with van der Waals surface area (Å²) in [6.07, 6.45) is -2.92. The maximum atomic E-state index is 12.9. The van der Waals surface area contributed by atoms with Crippen LogP contribution in [0, 0.1) is 5.92 Å². The van der Waals surface area contributed by atoms with E-state index >= 15 is 0 Å². The average molecular weight is 386 g/mol. The SMILES string of the molecule is CC(C)Cn1cc([C@H](N)C(F)(F)F)c2ccc(Br)cc21.Cl. The van der Waals surface area contributed by atoms with Gasteiger partial charge in [-0.05, 0) is 18.1 Å². The van der Waals surface area contributed by atoms with Gasteiger partial charge in [0, 0.05) is 33.7 Å². The first kappa shape index (κ1) is 18.3. The highest BCUT2D eigenvalue weighted by Gasteiger charge is 2.39. The van der Waals surface area contributed by atoms with Gasteiger partial charge in [0.05, 0.1) is 0 Å². The molecule has 118 valence electrons. The summed E-state index contributed by atoms with van der Waals surface area (Å²) in [5, 5.41) is 0.554. The lowest BCUT2D eigenvalue weighted by Crippen LogP contribution is -2.28. The van der Waals surface area contributed by atoms with Crippen molar-refractivity contribution < 1.29 is 13.2 Å². The Hall–Kier alpha value is -0.720. The van der Waals surface area contributed by atoms with Crippen molar-refractivity contribution in [3.05, 3.63) is 34.4 Å². The predicted molar refractivity (Wildman–Crippen MR) is 84.7 cm³/mol. The number of benzene rings is 1. The Labute approximate surface area is 136 Å². The summed E-state index contributed by atoms with van der Waals surface area (Å²) in [6, 6.07) is 3.27. The molecule has 0 aliphatic heterocycles. The lowest BCUT2D eigenvalue weighted by atomic mass is 10.1. The second-order valence-electron chi connectivity index (χ2n) is 5.31. The fourth-order valence-electron chi connectivity index (χ4n) is 2.26. The van der Waals surface area contributed by atoms with Gasteiger partial charge in [-0.3, -0.25) is 0 Å². The number of fused-ring (bicyclic) bond motifs is 1. The molecule has 2 nitrogen and oxygen atoms in total. The number of halogens is 5. The second-order valence-corrected chi connectivity index (χ2v) is 6.23. The van der Waals surface area contributed by atoms with Crippen LogP contribution in [0.3, 0.4) is 0 Å². The Bertz CT molecular complexity index is 622. The van der Waals surface area contributed by atoms with E-state index in [9.17, 15) is 13.2 Å². The van der Waals surface area contributed by atoms with Crippen LogP contribution in [0.5, 0.6) is 0 Å². The standard InChI is InChI=1S/C14H16BrF3N2.ClH/c1-8(2)6-20-7-11(13(19)14(16,17)18)10-4-3-9(15)5-12(10)20;/h3-5,7-8,13H,6,19H2,1-2H3;1H/t13-;/m0./s1. The Kier molecular flexibility index (Phi) is 5.75. The van der Waals surface area contributed by atoms with E-state index in [0.717, 1.165) is 9.99 Å². The zero-order valence-corrected chi connectivity index (χ0v) is 14.0. The summed E-state index contributed by atoms with van der Waals surface area (Å²) >= 11 is 3.35. The molecule has 2 N–H and O–H groups in total. The van der Waals surface area contributed by atoms with Crippen molar-refractivity contribution in [2.24, 2.45) is 11.7 Å². The van der Waals surface area contributed by atoms with E-state index < -0.39 is 12.2 Å². The monoisotopic (exact) mass is 384 g/mol. The van der Waals surface area contributed by atoms with Crippen LogP contribution in [0.15, 0.2) is 28.9 Å². The molecule has 2 aromatic rings. The minimum atomic E-state index is -4.44. The van der Waals surface area contributed by atoms with E-state index in [1.54, 1.807) is 12.1 Å². The van der Waals surface area contributed by atoms with E-state index in [-0.39, 0.29) is 18.0 Å². The van der Waals surface area contributed by atoms with Crippen LogP contribution < -0.4 is 5.73 Å². The van der Waals surface area contributed by atoms with E-state index in [0.29, 0.717) is 17.8 Å². The van der Waals surface area contributed by atoms with Crippen LogP contribution in [0.4, 0.5) is 13.2 Å². The number of hydrogen-bond acceptors (Lipinski definition) is 1. The molecule has 0 aliphatic carbocycles. The summed E-state index contributed by atoms with van der Waals surface area (Å²) < 4.78 is 41.3. The fourth-order valence-corrected chi connectivity index (χ4v) is 2.61. The zero-order valence-electron chi connectivity index (χ0n) is 11.6. The lowest BCUT2D eigenvalue weighted by molar-refractivity contribution is -0.148. The molecule has 0 aliphatic rings. The van der Waals surface area contributed by atoms with Crippen molar-refractivity contribution in [2.75, 3.05) is 0 Å². The quantitative estimate of drug-likeness (QED) is 0.788. The Morgan fingerprint density at radius 2 is 1.90 bits per heavy atom. The third kappa shape index (κ3) is 3.93. The summed E-state index contributed by atoms with van der Waals surface area (Å²) in [4.78, 5) is 0. The molecule has 0 bridgehead atoms. The molecule has 1 aromatic carbocycles. The maximum Gasteiger partial charge on any atom is 0.407 e. The Morgan fingerprint density at radius 1 is 1.29 bits per heavy atom. The Balaban J connectivity index is 0.00000220. The molecule has 0 saturated carbocycles. The molecule has 0 radical (unpaired) electrons. The highest BCUT2D eigenvalue weighted by Crippen LogP contribution is 2.36. The summed E-state index contributed by atoms with van der Waals surface area (Å²) in [5.74, 6) is 0.333. The van der Waals surface area contributed by atoms with Crippen LogP contribution in [0.25, 0.3) is 10.9 Å². The zero-order chi connectivity index (χ0) is 15.1.